The number of ketones is 1. The van der Waals surface area contributed by atoms with Crippen molar-refractivity contribution in [2.24, 2.45) is 0 Å². The Morgan fingerprint density at radius 1 is 1.21 bits per heavy atom. The molecule has 5 nitrogen and oxygen atoms in total. The molecule has 0 saturated heterocycles. The van der Waals surface area contributed by atoms with Crippen molar-refractivity contribution in [3.63, 3.8) is 0 Å². The summed E-state index contributed by atoms with van der Waals surface area (Å²) in [4.78, 5) is 36.6. The Labute approximate surface area is 110 Å². The third-order valence-corrected chi connectivity index (χ3v) is 2.82. The highest BCUT2D eigenvalue weighted by Gasteiger charge is 2.41. The van der Waals surface area contributed by atoms with Gasteiger partial charge in [0.05, 0.1) is 12.3 Å². The molecule has 0 unspecified atom stereocenters. The number of amides is 1. The van der Waals surface area contributed by atoms with Gasteiger partial charge in [-0.25, -0.2) is 4.79 Å². The highest BCUT2D eigenvalue weighted by Crippen LogP contribution is 2.29. The zero-order valence-electron chi connectivity index (χ0n) is 10.7. The van der Waals surface area contributed by atoms with Crippen LogP contribution in [0.25, 0.3) is 5.70 Å². The molecule has 0 fully saturated rings. The van der Waals surface area contributed by atoms with Crippen molar-refractivity contribution in [1.29, 1.82) is 0 Å². The molecule has 5 heteroatoms. The number of nitrogens with zero attached hydrogens (tertiary/aromatic N) is 1. The van der Waals surface area contributed by atoms with Crippen molar-refractivity contribution in [3.05, 3.63) is 41.5 Å². The molecule has 1 aromatic carbocycles. The average Bonchev–Trinajstić information content (AvgIpc) is 2.64. The third kappa shape index (κ3) is 2.14. The Bertz CT molecular complexity index is 574. The van der Waals surface area contributed by atoms with Crippen LogP contribution < -0.4 is 0 Å². The number of hydrogen-bond donors (Lipinski definition) is 0. The molecule has 0 aliphatic carbocycles. The quantitative estimate of drug-likeness (QED) is 0.461. The molecule has 0 N–H and O–H groups in total. The Kier molecular flexibility index (Phi) is 3.46. The first kappa shape index (κ1) is 13.0. The summed E-state index contributed by atoms with van der Waals surface area (Å²) in [5.41, 5.74) is 0.738. The molecule has 0 aromatic heterocycles. The molecule has 0 radical (unpaired) electrons. The number of rotatable bonds is 3. The number of benzene rings is 1. The first-order chi connectivity index (χ1) is 9.07. The summed E-state index contributed by atoms with van der Waals surface area (Å²) >= 11 is 0. The fraction of sp³-hybridized carbons (Fsp3) is 0.214. The van der Waals surface area contributed by atoms with Crippen molar-refractivity contribution in [1.82, 2.24) is 4.90 Å². The van der Waals surface area contributed by atoms with Gasteiger partial charge in [0.25, 0.3) is 11.7 Å². The smallest absolute Gasteiger partial charge is 0.344 e. The van der Waals surface area contributed by atoms with Gasteiger partial charge in [-0.3, -0.25) is 9.59 Å². The molecule has 0 bridgehead atoms. The zero-order valence-corrected chi connectivity index (χ0v) is 10.7. The summed E-state index contributed by atoms with van der Waals surface area (Å²) in [6, 6.07) is 8.82. The van der Waals surface area contributed by atoms with E-state index in [4.69, 9.17) is 4.74 Å². The highest BCUT2D eigenvalue weighted by atomic mass is 16.5. The van der Waals surface area contributed by atoms with Crippen LogP contribution in [0.4, 0.5) is 0 Å². The van der Waals surface area contributed by atoms with Gasteiger partial charge in [-0.1, -0.05) is 30.3 Å². The van der Waals surface area contributed by atoms with Gasteiger partial charge < -0.3 is 9.64 Å². The minimum Gasteiger partial charge on any atom is -0.462 e. The first-order valence-corrected chi connectivity index (χ1v) is 5.87. The van der Waals surface area contributed by atoms with Crippen LogP contribution in [0, 0.1) is 0 Å². The molecular weight excluding hydrogens is 246 g/mol. The Balaban J connectivity index is 2.58. The van der Waals surface area contributed by atoms with Gasteiger partial charge in [0, 0.05) is 7.05 Å². The van der Waals surface area contributed by atoms with Gasteiger partial charge in [0.2, 0.25) is 0 Å². The second-order valence-corrected chi connectivity index (χ2v) is 4.00. The van der Waals surface area contributed by atoms with Crippen LogP contribution in [0.15, 0.2) is 35.9 Å². The molecule has 98 valence electrons. The Morgan fingerprint density at radius 3 is 2.42 bits per heavy atom. The lowest BCUT2D eigenvalue weighted by atomic mass is 10.1. The number of esters is 1. The number of ether oxygens (including phenoxy) is 1. The third-order valence-electron chi connectivity index (χ3n) is 2.82. The SMILES string of the molecule is CCOC(=O)C1=C(c2ccccc2)N(C)C(=O)C1=O. The zero-order chi connectivity index (χ0) is 14.0. The summed E-state index contributed by atoms with van der Waals surface area (Å²) in [6.07, 6.45) is 0. The maximum Gasteiger partial charge on any atom is 0.344 e. The lowest BCUT2D eigenvalue weighted by Crippen LogP contribution is -2.25. The van der Waals surface area contributed by atoms with Crippen LogP contribution in [0.2, 0.25) is 0 Å². The maximum absolute atomic E-state index is 11.9. The number of hydrogen-bond acceptors (Lipinski definition) is 4. The molecule has 1 aliphatic rings. The number of carbonyl (C=O) groups excluding carboxylic acids is 3. The van der Waals surface area contributed by atoms with Crippen molar-refractivity contribution < 1.29 is 19.1 Å². The predicted octanol–water partition coefficient (Wildman–Crippen LogP) is 1.00. The fourth-order valence-electron chi connectivity index (χ4n) is 1.96. The van der Waals surface area contributed by atoms with Crippen LogP contribution >= 0.6 is 0 Å². The summed E-state index contributed by atoms with van der Waals surface area (Å²) < 4.78 is 4.85. The predicted molar refractivity (Wildman–Crippen MR) is 67.8 cm³/mol. The van der Waals surface area contributed by atoms with E-state index >= 15 is 0 Å². The lowest BCUT2D eigenvalue weighted by Gasteiger charge is -2.13. The minimum atomic E-state index is -0.820. The molecule has 1 aliphatic heterocycles. The maximum atomic E-state index is 11.9. The van der Waals surface area contributed by atoms with E-state index in [1.165, 1.54) is 11.9 Å². The van der Waals surface area contributed by atoms with E-state index in [0.29, 0.717) is 11.3 Å². The summed E-state index contributed by atoms with van der Waals surface area (Å²) in [5.74, 6) is -2.30. The van der Waals surface area contributed by atoms with Crippen LogP contribution in [0.1, 0.15) is 12.5 Å². The van der Waals surface area contributed by atoms with E-state index in [1.54, 1.807) is 31.2 Å². The molecule has 2 rings (SSSR count). The van der Waals surface area contributed by atoms with Crippen LogP contribution in [0.5, 0.6) is 0 Å². The molecule has 0 saturated carbocycles. The molecule has 1 heterocycles. The fourth-order valence-corrected chi connectivity index (χ4v) is 1.96. The monoisotopic (exact) mass is 259 g/mol. The molecular formula is C14H13NO4. The topological polar surface area (TPSA) is 63.7 Å². The summed E-state index contributed by atoms with van der Waals surface area (Å²) in [7, 11) is 1.47. The van der Waals surface area contributed by atoms with Gasteiger partial charge in [-0.2, -0.15) is 0 Å². The highest BCUT2D eigenvalue weighted by molar-refractivity contribution is 6.54. The van der Waals surface area contributed by atoms with E-state index in [2.05, 4.69) is 0 Å². The number of Topliss-reactive ketones (excluding diaryl/α,β-unsaturated/α-hetero) is 1. The van der Waals surface area contributed by atoms with Crippen LogP contribution in [-0.4, -0.2) is 36.2 Å². The van der Waals surface area contributed by atoms with Crippen molar-refractivity contribution >= 4 is 23.4 Å². The van der Waals surface area contributed by atoms with Gasteiger partial charge >= 0.3 is 5.97 Å². The minimum absolute atomic E-state index is 0.148. The van der Waals surface area contributed by atoms with E-state index in [9.17, 15) is 14.4 Å². The van der Waals surface area contributed by atoms with Gasteiger partial charge in [-0.15, -0.1) is 0 Å². The summed E-state index contributed by atoms with van der Waals surface area (Å²) in [5, 5.41) is 0. The van der Waals surface area contributed by atoms with Gasteiger partial charge in [0.1, 0.15) is 5.57 Å². The molecule has 19 heavy (non-hydrogen) atoms. The van der Waals surface area contributed by atoms with Gasteiger partial charge in [-0.05, 0) is 12.5 Å². The van der Waals surface area contributed by atoms with Crippen molar-refractivity contribution in [2.75, 3.05) is 13.7 Å². The van der Waals surface area contributed by atoms with Crippen LogP contribution in [-0.2, 0) is 19.1 Å². The normalized spacial score (nSPS) is 15.2. The number of likely N-dealkylation sites (N-methyl/N-ethyl adjacent to an activating group) is 1. The first-order valence-electron chi connectivity index (χ1n) is 5.87. The second-order valence-electron chi connectivity index (χ2n) is 4.00. The molecule has 1 aromatic rings. The average molecular weight is 259 g/mol. The number of carbonyl (C=O) groups is 3. The Hall–Kier alpha value is -2.43. The van der Waals surface area contributed by atoms with Gasteiger partial charge in [0.15, 0.2) is 0 Å². The molecule has 1 amide bonds. The van der Waals surface area contributed by atoms with E-state index in [0.717, 1.165) is 0 Å². The Morgan fingerprint density at radius 2 is 1.84 bits per heavy atom. The van der Waals surface area contributed by atoms with Crippen molar-refractivity contribution in [3.8, 4) is 0 Å². The van der Waals surface area contributed by atoms with Crippen LogP contribution in [0.3, 0.4) is 0 Å². The van der Waals surface area contributed by atoms with E-state index in [1.807, 2.05) is 6.07 Å². The molecule has 0 atom stereocenters. The van der Waals surface area contributed by atoms with E-state index < -0.39 is 17.7 Å². The largest absolute Gasteiger partial charge is 0.462 e. The lowest BCUT2D eigenvalue weighted by molar-refractivity contribution is -0.143. The van der Waals surface area contributed by atoms with Crippen molar-refractivity contribution in [2.45, 2.75) is 6.92 Å². The standard InChI is InChI=1S/C14H13NO4/c1-3-19-14(18)10-11(9-7-5-4-6-8-9)15(2)13(17)12(10)16/h4-8H,3H2,1-2H3. The summed E-state index contributed by atoms with van der Waals surface area (Å²) in [6.45, 7) is 1.79. The molecule has 0 spiro atoms. The van der Waals surface area contributed by atoms with E-state index in [-0.39, 0.29) is 12.2 Å². The second kappa shape index (κ2) is 5.06.